The Morgan fingerprint density at radius 3 is 2.76 bits per heavy atom. The molecule has 0 aliphatic carbocycles. The van der Waals surface area contributed by atoms with Crippen molar-refractivity contribution >= 4 is 30.7 Å². The summed E-state index contributed by atoms with van der Waals surface area (Å²) in [6, 6.07) is 3.80. The van der Waals surface area contributed by atoms with Gasteiger partial charge in [0.1, 0.15) is 0 Å². The summed E-state index contributed by atoms with van der Waals surface area (Å²) >= 11 is 0. The summed E-state index contributed by atoms with van der Waals surface area (Å²) in [6.07, 6.45) is 4.72. The molecule has 1 aromatic heterocycles. The highest BCUT2D eigenvalue weighted by molar-refractivity contribution is 5.85. The third kappa shape index (κ3) is 8.92. The molecular formula is C11H19Cl2N3O. The number of rotatable bonds is 5. The summed E-state index contributed by atoms with van der Waals surface area (Å²) in [4.78, 5) is 15.2. The molecule has 1 heterocycles. The van der Waals surface area contributed by atoms with Gasteiger partial charge in [0.2, 0.25) is 5.91 Å². The van der Waals surface area contributed by atoms with Crippen molar-refractivity contribution in [3.63, 3.8) is 0 Å². The van der Waals surface area contributed by atoms with Crippen LogP contribution in [-0.4, -0.2) is 23.5 Å². The molecule has 17 heavy (non-hydrogen) atoms. The minimum Gasteiger partial charge on any atom is -0.356 e. The predicted molar refractivity (Wildman–Crippen MR) is 73.7 cm³/mol. The summed E-state index contributed by atoms with van der Waals surface area (Å²) in [5.74, 6) is 0.00823. The number of carbonyl (C=O) groups is 1. The van der Waals surface area contributed by atoms with Crippen molar-refractivity contribution < 1.29 is 4.79 Å². The van der Waals surface area contributed by atoms with Gasteiger partial charge >= 0.3 is 0 Å². The predicted octanol–water partition coefficient (Wildman–Crippen LogP) is 1.32. The van der Waals surface area contributed by atoms with Crippen molar-refractivity contribution in [3.8, 4) is 0 Å². The molecule has 0 bridgehead atoms. The van der Waals surface area contributed by atoms with Gasteiger partial charge in [-0.1, -0.05) is 6.07 Å². The lowest BCUT2D eigenvalue weighted by Crippen LogP contribution is -2.31. The van der Waals surface area contributed by atoms with Gasteiger partial charge in [-0.05, 0) is 25.0 Å². The van der Waals surface area contributed by atoms with Crippen LogP contribution in [0, 0.1) is 0 Å². The van der Waals surface area contributed by atoms with Gasteiger partial charge in [0.25, 0.3) is 0 Å². The first kappa shape index (κ1) is 18.5. The first-order valence-corrected chi connectivity index (χ1v) is 5.09. The zero-order chi connectivity index (χ0) is 11.1. The number of nitrogens with one attached hydrogen (secondary N) is 1. The van der Waals surface area contributed by atoms with Crippen LogP contribution in [0.2, 0.25) is 0 Å². The lowest BCUT2D eigenvalue weighted by atomic mass is 10.2. The topological polar surface area (TPSA) is 68.0 Å². The maximum atomic E-state index is 11.2. The van der Waals surface area contributed by atoms with Crippen LogP contribution in [0.3, 0.4) is 0 Å². The summed E-state index contributed by atoms with van der Waals surface area (Å²) in [6.45, 7) is 2.46. The molecule has 0 aliphatic rings. The van der Waals surface area contributed by atoms with E-state index in [2.05, 4.69) is 10.3 Å². The van der Waals surface area contributed by atoms with Crippen LogP contribution >= 0.6 is 24.8 Å². The van der Waals surface area contributed by atoms with E-state index in [-0.39, 0.29) is 36.8 Å². The van der Waals surface area contributed by atoms with Gasteiger partial charge in [-0.15, -0.1) is 24.8 Å². The average molecular weight is 280 g/mol. The van der Waals surface area contributed by atoms with Crippen LogP contribution in [-0.2, 0) is 11.2 Å². The fraction of sp³-hybridized carbons (Fsp3) is 0.455. The van der Waals surface area contributed by atoms with E-state index >= 15 is 0 Å². The average Bonchev–Trinajstić information content (AvgIpc) is 2.18. The smallest absolute Gasteiger partial charge is 0.221 e. The molecule has 0 fully saturated rings. The van der Waals surface area contributed by atoms with Crippen molar-refractivity contribution in [1.82, 2.24) is 10.3 Å². The molecule has 0 saturated heterocycles. The first-order valence-electron chi connectivity index (χ1n) is 5.09. The van der Waals surface area contributed by atoms with Gasteiger partial charge in [-0.2, -0.15) is 0 Å². The van der Waals surface area contributed by atoms with Crippen LogP contribution < -0.4 is 11.1 Å². The molecule has 1 rings (SSSR count). The van der Waals surface area contributed by atoms with Crippen molar-refractivity contribution in [2.24, 2.45) is 5.73 Å². The Labute approximate surface area is 114 Å². The number of nitrogens with zero attached hydrogens (tertiary/aromatic N) is 1. The monoisotopic (exact) mass is 279 g/mol. The molecule has 98 valence electrons. The number of hydrogen-bond acceptors (Lipinski definition) is 3. The first-order chi connectivity index (χ1) is 7.18. The second kappa shape index (κ2) is 10.3. The second-order valence-corrected chi connectivity index (χ2v) is 3.64. The Morgan fingerprint density at radius 1 is 1.53 bits per heavy atom. The Morgan fingerprint density at radius 2 is 2.24 bits per heavy atom. The Balaban J connectivity index is 0. The largest absolute Gasteiger partial charge is 0.356 e. The van der Waals surface area contributed by atoms with Crippen molar-refractivity contribution in [3.05, 3.63) is 30.1 Å². The standard InChI is InChI=1S/C11H17N3O.2ClH/c1-9(12)7-11(15)14-6-4-10-3-2-5-13-8-10;;/h2-3,5,8-9H,4,6-7,12H2,1H3,(H,14,15);2*1H. The number of pyridine rings is 1. The highest BCUT2D eigenvalue weighted by atomic mass is 35.5. The van der Waals surface area contributed by atoms with Crippen molar-refractivity contribution in [2.75, 3.05) is 6.54 Å². The number of carbonyl (C=O) groups excluding carboxylic acids is 1. The van der Waals surface area contributed by atoms with Crippen LogP contribution in [0.15, 0.2) is 24.5 Å². The Kier molecular flexibility index (Phi) is 11.2. The van der Waals surface area contributed by atoms with Crippen LogP contribution in [0.5, 0.6) is 0 Å². The van der Waals surface area contributed by atoms with Gasteiger partial charge in [-0.25, -0.2) is 0 Å². The van der Waals surface area contributed by atoms with Gasteiger partial charge in [0.15, 0.2) is 0 Å². The van der Waals surface area contributed by atoms with E-state index in [1.165, 1.54) is 0 Å². The molecule has 0 spiro atoms. The summed E-state index contributed by atoms with van der Waals surface area (Å²) in [5.41, 5.74) is 6.63. The molecule has 0 radical (unpaired) electrons. The second-order valence-electron chi connectivity index (χ2n) is 3.64. The quantitative estimate of drug-likeness (QED) is 0.854. The molecule has 1 atom stereocenters. The van der Waals surface area contributed by atoms with E-state index in [0.717, 1.165) is 12.0 Å². The maximum absolute atomic E-state index is 11.2. The van der Waals surface area contributed by atoms with Crippen LogP contribution in [0.4, 0.5) is 0 Å². The zero-order valence-electron chi connectivity index (χ0n) is 9.76. The molecule has 1 amide bonds. The molecule has 0 aliphatic heterocycles. The summed E-state index contributed by atoms with van der Waals surface area (Å²) in [7, 11) is 0. The van der Waals surface area contributed by atoms with Gasteiger partial charge in [0.05, 0.1) is 0 Å². The van der Waals surface area contributed by atoms with E-state index in [9.17, 15) is 4.79 Å². The highest BCUT2D eigenvalue weighted by Crippen LogP contribution is 1.95. The van der Waals surface area contributed by atoms with E-state index in [1.54, 1.807) is 12.4 Å². The molecule has 1 unspecified atom stereocenters. The van der Waals surface area contributed by atoms with E-state index in [0.29, 0.717) is 13.0 Å². The van der Waals surface area contributed by atoms with Crippen molar-refractivity contribution in [1.29, 1.82) is 0 Å². The normalized spacial score (nSPS) is 10.7. The van der Waals surface area contributed by atoms with Gasteiger partial charge in [-0.3, -0.25) is 9.78 Å². The third-order valence-corrected chi connectivity index (χ3v) is 1.97. The number of hydrogen-bond donors (Lipinski definition) is 2. The van der Waals surface area contributed by atoms with Crippen LogP contribution in [0.25, 0.3) is 0 Å². The zero-order valence-corrected chi connectivity index (χ0v) is 11.4. The highest BCUT2D eigenvalue weighted by Gasteiger charge is 2.03. The van der Waals surface area contributed by atoms with E-state index in [1.807, 2.05) is 19.1 Å². The van der Waals surface area contributed by atoms with E-state index < -0.39 is 0 Å². The van der Waals surface area contributed by atoms with E-state index in [4.69, 9.17) is 5.73 Å². The Bertz CT molecular complexity index is 307. The minimum absolute atomic E-state index is 0. The lowest BCUT2D eigenvalue weighted by Gasteiger charge is -2.06. The number of nitrogens with two attached hydrogens (primary N) is 1. The minimum atomic E-state index is -0.0802. The fourth-order valence-electron chi connectivity index (χ4n) is 1.26. The summed E-state index contributed by atoms with van der Waals surface area (Å²) < 4.78 is 0. The fourth-order valence-corrected chi connectivity index (χ4v) is 1.26. The van der Waals surface area contributed by atoms with Gasteiger partial charge < -0.3 is 11.1 Å². The lowest BCUT2D eigenvalue weighted by molar-refractivity contribution is -0.121. The Hall–Kier alpha value is -0.840. The molecule has 3 N–H and O–H groups in total. The molecule has 0 saturated carbocycles. The molecular weight excluding hydrogens is 261 g/mol. The molecule has 4 nitrogen and oxygen atoms in total. The third-order valence-electron chi connectivity index (χ3n) is 1.97. The maximum Gasteiger partial charge on any atom is 0.221 e. The number of aromatic nitrogens is 1. The number of halogens is 2. The van der Waals surface area contributed by atoms with Crippen LogP contribution in [0.1, 0.15) is 18.9 Å². The molecule has 6 heteroatoms. The number of amides is 1. The van der Waals surface area contributed by atoms with Crippen molar-refractivity contribution in [2.45, 2.75) is 25.8 Å². The SMILES string of the molecule is CC(N)CC(=O)NCCc1cccnc1.Cl.Cl. The molecule has 0 aromatic carbocycles. The molecule has 1 aromatic rings. The van der Waals surface area contributed by atoms with Gasteiger partial charge in [0, 0.05) is 31.4 Å². The summed E-state index contributed by atoms with van der Waals surface area (Å²) in [5, 5.41) is 2.82.